The third-order valence-electron chi connectivity index (χ3n) is 11.0. The van der Waals surface area contributed by atoms with Gasteiger partial charge in [0.2, 0.25) is 0 Å². The van der Waals surface area contributed by atoms with Crippen molar-refractivity contribution in [2.24, 2.45) is 0 Å². The highest BCUT2D eigenvalue weighted by atomic mass is 35.5. The molecule has 0 aliphatic heterocycles. The highest BCUT2D eigenvalue weighted by Crippen LogP contribution is 2.32. The van der Waals surface area contributed by atoms with E-state index in [1.54, 1.807) is 91.4 Å². The average Bonchev–Trinajstić information content (AvgIpc) is 3.41. The quantitative estimate of drug-likeness (QED) is 0.0676. The summed E-state index contributed by atoms with van der Waals surface area (Å²) >= 11 is 23.7. The molecule has 6 aromatic carbocycles. The van der Waals surface area contributed by atoms with Crippen LogP contribution in [0, 0.1) is 5.82 Å². The molecular weight excluding hydrogens is 1040 g/mol. The van der Waals surface area contributed by atoms with Crippen LogP contribution in [0.2, 0.25) is 20.1 Å². The van der Waals surface area contributed by atoms with Gasteiger partial charge in [0.15, 0.2) is 0 Å². The van der Waals surface area contributed by atoms with Crippen molar-refractivity contribution < 1.29 is 34.1 Å². The minimum atomic E-state index is -1.09. The molecule has 10 aromatic rings. The second kappa shape index (κ2) is 24.2. The van der Waals surface area contributed by atoms with E-state index in [-0.39, 0.29) is 22.5 Å². The topological polar surface area (TPSA) is 200 Å². The Morgan fingerprint density at radius 1 is 0.413 bits per heavy atom. The Labute approximate surface area is 447 Å². The fourth-order valence-electron chi connectivity index (χ4n) is 7.42. The van der Waals surface area contributed by atoms with Crippen LogP contribution in [0.5, 0.6) is 0 Å². The van der Waals surface area contributed by atoms with Crippen molar-refractivity contribution in [1.29, 1.82) is 0 Å². The van der Waals surface area contributed by atoms with Gasteiger partial charge >= 0.3 is 17.9 Å². The monoisotopic (exact) mass is 1080 g/mol. The maximum atomic E-state index is 13.8. The Balaban J connectivity index is 0.000000150. The van der Waals surface area contributed by atoms with Crippen LogP contribution in [0.3, 0.4) is 0 Å². The maximum Gasteiger partial charge on any atom is 0.337 e. The maximum absolute atomic E-state index is 13.8. The van der Waals surface area contributed by atoms with Crippen molar-refractivity contribution >= 4 is 109 Å². The number of fused-ring (bicyclic) bond motifs is 1. The number of nitrogens with one attached hydrogen (secondary N) is 3. The number of carboxylic acid groups (broad SMARTS) is 3. The molecule has 75 heavy (non-hydrogen) atoms. The van der Waals surface area contributed by atoms with Crippen molar-refractivity contribution in [3.05, 3.63) is 237 Å². The molecule has 0 spiro atoms. The lowest BCUT2D eigenvalue weighted by atomic mass is 10.0. The zero-order valence-corrected chi connectivity index (χ0v) is 41.7. The van der Waals surface area contributed by atoms with Crippen LogP contribution in [0.15, 0.2) is 195 Å². The summed E-state index contributed by atoms with van der Waals surface area (Å²) < 4.78 is 13.8. The summed E-state index contributed by atoms with van der Waals surface area (Å²) in [6.07, 6.45) is 6.57. The number of halogens is 5. The van der Waals surface area contributed by atoms with Crippen molar-refractivity contribution in [2.75, 3.05) is 16.0 Å². The summed E-state index contributed by atoms with van der Waals surface area (Å²) in [5, 5.41) is 39.7. The predicted octanol–water partition coefficient (Wildman–Crippen LogP) is 15.9. The van der Waals surface area contributed by atoms with Gasteiger partial charge in [0.1, 0.15) is 5.82 Å². The van der Waals surface area contributed by atoms with Gasteiger partial charge in [0, 0.05) is 48.4 Å². The van der Waals surface area contributed by atoms with E-state index >= 15 is 0 Å². The molecule has 0 amide bonds. The highest BCUT2D eigenvalue weighted by molar-refractivity contribution is 6.33. The molecule has 13 nitrogen and oxygen atoms in total. The van der Waals surface area contributed by atoms with E-state index in [1.165, 1.54) is 30.5 Å². The number of carboxylic acids is 3. The van der Waals surface area contributed by atoms with Crippen molar-refractivity contribution in [3.63, 3.8) is 0 Å². The largest absolute Gasteiger partial charge is 0.478 e. The van der Waals surface area contributed by atoms with E-state index < -0.39 is 17.9 Å². The molecule has 0 atom stereocenters. The molecule has 4 heterocycles. The zero-order chi connectivity index (χ0) is 53.0. The van der Waals surface area contributed by atoms with Gasteiger partial charge in [0.25, 0.3) is 0 Å². The smallest absolute Gasteiger partial charge is 0.337 e. The second-order valence-corrected chi connectivity index (χ2v) is 17.7. The number of rotatable bonds is 12. The summed E-state index contributed by atoms with van der Waals surface area (Å²) in [5.74, 6) is -3.54. The van der Waals surface area contributed by atoms with E-state index in [1.807, 2.05) is 72.8 Å². The second-order valence-electron chi connectivity index (χ2n) is 16.0. The van der Waals surface area contributed by atoms with Gasteiger partial charge in [-0.05, 0) is 121 Å². The molecule has 0 fully saturated rings. The number of aromatic carboxylic acids is 3. The Hall–Kier alpha value is -8.92. The lowest BCUT2D eigenvalue weighted by Gasteiger charge is -2.11. The van der Waals surface area contributed by atoms with E-state index in [4.69, 9.17) is 46.4 Å². The molecular formula is C57H38Cl4FN7O6. The summed E-state index contributed by atoms with van der Waals surface area (Å²) in [5.41, 5.74) is 8.66. The van der Waals surface area contributed by atoms with Crippen LogP contribution in [0.1, 0.15) is 31.1 Å². The van der Waals surface area contributed by atoms with E-state index in [2.05, 4.69) is 35.9 Å². The minimum absolute atomic E-state index is 0.0562. The first-order valence-electron chi connectivity index (χ1n) is 22.3. The number of aromatic nitrogens is 4. The Kier molecular flexibility index (Phi) is 16.9. The number of benzene rings is 6. The molecule has 0 saturated carbocycles. The number of carbonyl (C=O) groups is 3. The Bertz CT molecular complexity index is 3550. The van der Waals surface area contributed by atoms with E-state index in [0.717, 1.165) is 33.4 Å². The van der Waals surface area contributed by atoms with Gasteiger partial charge in [0.05, 0.1) is 92.0 Å². The minimum Gasteiger partial charge on any atom is -0.478 e. The average molecular weight is 1080 g/mol. The molecule has 0 radical (unpaired) electrons. The number of nitrogens with zero attached hydrogens (tertiary/aromatic N) is 4. The van der Waals surface area contributed by atoms with Gasteiger partial charge in [-0.3, -0.25) is 19.9 Å². The van der Waals surface area contributed by atoms with Gasteiger partial charge in [-0.15, -0.1) is 0 Å². The van der Waals surface area contributed by atoms with Gasteiger partial charge in [-0.1, -0.05) is 94.9 Å². The standard InChI is InChI=1S/C21H14ClN3O2.C18H12Cl2N2O2.C18H12ClFN2O2/c22-13-6-8-20(17(11-13)21(26)27)25-14-7-9-19(24-12-14)15-3-1-5-18-16(15)4-2-10-23-18;2*19-11-5-7-17(14(9-11)18(23)24)22-12-6-8-16(21-10-12)13-3-1-2-4-15(13)20/h1-12,25H,(H,26,27);2*1-10,22H,(H,23,24). The van der Waals surface area contributed by atoms with E-state index in [0.29, 0.717) is 65.5 Å². The molecule has 0 bridgehead atoms. The lowest BCUT2D eigenvalue weighted by Crippen LogP contribution is -2.03. The van der Waals surface area contributed by atoms with Crippen LogP contribution < -0.4 is 16.0 Å². The van der Waals surface area contributed by atoms with Crippen molar-refractivity contribution in [2.45, 2.75) is 0 Å². The number of hydrogen-bond donors (Lipinski definition) is 6. The van der Waals surface area contributed by atoms with Crippen LogP contribution in [-0.4, -0.2) is 53.2 Å². The first-order chi connectivity index (χ1) is 36.2. The summed E-state index contributed by atoms with van der Waals surface area (Å²) in [4.78, 5) is 51.5. The molecule has 0 aliphatic carbocycles. The molecule has 372 valence electrons. The number of hydrogen-bond acceptors (Lipinski definition) is 10. The molecule has 0 aliphatic rings. The third kappa shape index (κ3) is 13.4. The van der Waals surface area contributed by atoms with Gasteiger partial charge < -0.3 is 31.3 Å². The lowest BCUT2D eigenvalue weighted by molar-refractivity contribution is 0.0687. The first kappa shape index (κ1) is 52.4. The fraction of sp³-hybridized carbons (Fsp3) is 0. The van der Waals surface area contributed by atoms with E-state index in [9.17, 15) is 34.1 Å². The summed E-state index contributed by atoms with van der Waals surface area (Å²) in [6.45, 7) is 0. The zero-order valence-electron chi connectivity index (χ0n) is 38.7. The molecule has 4 aromatic heterocycles. The molecule has 0 unspecified atom stereocenters. The molecule has 0 saturated heterocycles. The molecule has 6 N–H and O–H groups in total. The van der Waals surface area contributed by atoms with Crippen molar-refractivity contribution in [1.82, 2.24) is 19.9 Å². The SMILES string of the molecule is O=C(O)c1cc(Cl)ccc1Nc1ccc(-c2cccc3ncccc23)nc1.O=C(O)c1cc(Cl)ccc1Nc1ccc(-c2ccccc2Cl)nc1.O=C(O)c1cc(Cl)ccc1Nc1ccc(-c2ccccc2F)nc1. The van der Waals surface area contributed by atoms with Crippen LogP contribution in [0.25, 0.3) is 44.7 Å². The predicted molar refractivity (Wildman–Crippen MR) is 294 cm³/mol. The Morgan fingerprint density at radius 3 is 1.25 bits per heavy atom. The molecule has 10 rings (SSSR count). The number of anilines is 6. The van der Waals surface area contributed by atoms with Gasteiger partial charge in [-0.25, -0.2) is 18.8 Å². The van der Waals surface area contributed by atoms with Crippen LogP contribution in [-0.2, 0) is 0 Å². The highest BCUT2D eigenvalue weighted by Gasteiger charge is 2.15. The first-order valence-corrected chi connectivity index (χ1v) is 23.8. The summed E-state index contributed by atoms with van der Waals surface area (Å²) in [6, 6.07) is 48.3. The normalized spacial score (nSPS) is 10.5. The van der Waals surface area contributed by atoms with Crippen molar-refractivity contribution in [3.8, 4) is 33.8 Å². The number of pyridine rings is 4. The fourth-order valence-corrected chi connectivity index (χ4v) is 8.17. The third-order valence-corrected chi connectivity index (χ3v) is 12.0. The summed E-state index contributed by atoms with van der Waals surface area (Å²) in [7, 11) is 0. The van der Waals surface area contributed by atoms with Crippen LogP contribution in [0.4, 0.5) is 38.5 Å². The Morgan fingerprint density at radius 2 is 0.827 bits per heavy atom. The van der Waals surface area contributed by atoms with Crippen LogP contribution >= 0.6 is 46.4 Å². The molecule has 18 heteroatoms. The van der Waals surface area contributed by atoms with Gasteiger partial charge in [-0.2, -0.15) is 0 Å².